The van der Waals surface area contributed by atoms with E-state index in [1.54, 1.807) is 7.11 Å². The third kappa shape index (κ3) is 2.74. The van der Waals surface area contributed by atoms with Gasteiger partial charge in [0.1, 0.15) is 5.54 Å². The summed E-state index contributed by atoms with van der Waals surface area (Å²) < 4.78 is 5.00. The van der Waals surface area contributed by atoms with Gasteiger partial charge in [0.25, 0.3) is 0 Å². The highest BCUT2D eigenvalue weighted by atomic mass is 16.5. The van der Waals surface area contributed by atoms with Crippen molar-refractivity contribution < 1.29 is 14.6 Å². The van der Waals surface area contributed by atoms with Gasteiger partial charge in [0.2, 0.25) is 0 Å². The molecule has 0 saturated carbocycles. The highest BCUT2D eigenvalue weighted by molar-refractivity contribution is 5.79. The van der Waals surface area contributed by atoms with Gasteiger partial charge in [-0.25, -0.2) is 0 Å². The van der Waals surface area contributed by atoms with Crippen molar-refractivity contribution in [2.75, 3.05) is 26.8 Å². The summed E-state index contributed by atoms with van der Waals surface area (Å²) in [6.07, 6.45) is 4.52. The van der Waals surface area contributed by atoms with Crippen LogP contribution in [0.3, 0.4) is 0 Å². The zero-order valence-electron chi connectivity index (χ0n) is 10.4. The number of unbranched alkanes of at least 4 members (excludes halogenated alkanes) is 1. The molecule has 0 aromatic rings. The molecule has 1 atom stereocenters. The highest BCUT2D eigenvalue weighted by Crippen LogP contribution is 2.32. The molecule has 1 rings (SSSR count). The maximum Gasteiger partial charge on any atom is 0.324 e. The van der Waals surface area contributed by atoms with Gasteiger partial charge in [0.15, 0.2) is 0 Å². The number of rotatable bonds is 7. The number of hydrogen-bond acceptors (Lipinski definition) is 3. The largest absolute Gasteiger partial charge is 0.480 e. The van der Waals surface area contributed by atoms with Crippen molar-refractivity contribution in [1.82, 2.24) is 4.90 Å². The lowest BCUT2D eigenvalue weighted by Gasteiger charge is -2.33. The van der Waals surface area contributed by atoms with Crippen molar-refractivity contribution in [3.8, 4) is 0 Å². The Labute approximate surface area is 97.6 Å². The van der Waals surface area contributed by atoms with Crippen LogP contribution in [0.5, 0.6) is 0 Å². The Morgan fingerprint density at radius 1 is 1.50 bits per heavy atom. The Morgan fingerprint density at radius 3 is 2.81 bits per heavy atom. The van der Waals surface area contributed by atoms with Gasteiger partial charge in [-0.15, -0.1) is 0 Å². The Morgan fingerprint density at radius 2 is 2.25 bits per heavy atom. The van der Waals surface area contributed by atoms with Crippen molar-refractivity contribution in [2.24, 2.45) is 0 Å². The third-order valence-corrected chi connectivity index (χ3v) is 3.63. The predicted octanol–water partition coefficient (Wildman–Crippen LogP) is 1.74. The molecule has 4 nitrogen and oxygen atoms in total. The Hall–Kier alpha value is -0.610. The van der Waals surface area contributed by atoms with E-state index in [9.17, 15) is 9.90 Å². The van der Waals surface area contributed by atoms with Crippen molar-refractivity contribution in [2.45, 2.75) is 44.6 Å². The van der Waals surface area contributed by atoms with E-state index in [2.05, 4.69) is 4.90 Å². The number of hydrogen-bond donors (Lipinski definition) is 1. The van der Waals surface area contributed by atoms with E-state index in [0.29, 0.717) is 6.42 Å². The lowest BCUT2D eigenvalue weighted by molar-refractivity contribution is -0.150. The van der Waals surface area contributed by atoms with Crippen molar-refractivity contribution in [1.29, 1.82) is 0 Å². The fourth-order valence-electron chi connectivity index (χ4n) is 2.60. The molecule has 0 bridgehead atoms. The first kappa shape index (κ1) is 13.5. The van der Waals surface area contributed by atoms with Crippen LogP contribution in [0.15, 0.2) is 0 Å². The average Bonchev–Trinajstić information content (AvgIpc) is 2.68. The maximum atomic E-state index is 11.4. The van der Waals surface area contributed by atoms with Crippen LogP contribution in [0.25, 0.3) is 0 Å². The van der Waals surface area contributed by atoms with Crippen LogP contribution < -0.4 is 0 Å². The highest BCUT2D eigenvalue weighted by Gasteiger charge is 2.45. The van der Waals surface area contributed by atoms with Gasteiger partial charge in [0, 0.05) is 13.7 Å². The minimum atomic E-state index is -0.653. The molecule has 0 radical (unpaired) electrons. The van der Waals surface area contributed by atoms with Gasteiger partial charge in [-0.2, -0.15) is 0 Å². The Balaban J connectivity index is 2.47. The molecule has 1 saturated heterocycles. The maximum absolute atomic E-state index is 11.4. The monoisotopic (exact) mass is 229 g/mol. The summed E-state index contributed by atoms with van der Waals surface area (Å²) in [5.41, 5.74) is -0.590. The zero-order chi connectivity index (χ0) is 12.0. The van der Waals surface area contributed by atoms with Crippen LogP contribution in [-0.4, -0.2) is 48.3 Å². The molecule has 0 spiro atoms. The van der Waals surface area contributed by atoms with E-state index in [-0.39, 0.29) is 0 Å². The molecule has 0 aliphatic carbocycles. The van der Waals surface area contributed by atoms with E-state index in [4.69, 9.17) is 4.74 Å². The predicted molar refractivity (Wildman–Crippen MR) is 62.6 cm³/mol. The Bertz CT molecular complexity index is 232. The first-order chi connectivity index (χ1) is 7.67. The molecule has 1 N–H and O–H groups in total. The molecule has 1 heterocycles. The van der Waals surface area contributed by atoms with E-state index in [1.807, 2.05) is 6.92 Å². The lowest BCUT2D eigenvalue weighted by Crippen LogP contribution is -2.50. The minimum absolute atomic E-state index is 0.590. The number of ether oxygens (including phenoxy) is 1. The second kappa shape index (κ2) is 6.21. The van der Waals surface area contributed by atoms with E-state index in [0.717, 1.165) is 45.4 Å². The molecule has 4 heteroatoms. The summed E-state index contributed by atoms with van der Waals surface area (Å²) in [5, 5.41) is 9.37. The minimum Gasteiger partial charge on any atom is -0.480 e. The fraction of sp³-hybridized carbons (Fsp3) is 0.917. The smallest absolute Gasteiger partial charge is 0.324 e. The third-order valence-electron chi connectivity index (χ3n) is 3.63. The molecule has 0 aromatic heterocycles. The number of nitrogens with zero attached hydrogens (tertiary/aromatic N) is 1. The van der Waals surface area contributed by atoms with Gasteiger partial charge in [0.05, 0.1) is 0 Å². The summed E-state index contributed by atoms with van der Waals surface area (Å²) >= 11 is 0. The fourth-order valence-corrected chi connectivity index (χ4v) is 2.60. The summed E-state index contributed by atoms with van der Waals surface area (Å²) in [7, 11) is 1.70. The lowest BCUT2D eigenvalue weighted by atomic mass is 9.93. The second-order valence-corrected chi connectivity index (χ2v) is 4.48. The SMILES string of the molecule is CCC1(C(=O)O)CCCN1CCCCOC. The molecular formula is C12H23NO3. The summed E-state index contributed by atoms with van der Waals surface area (Å²) in [6, 6.07) is 0. The number of methoxy groups -OCH3 is 1. The molecule has 0 aromatic carbocycles. The standard InChI is InChI=1S/C12H23NO3/c1-3-12(11(14)15)7-6-9-13(12)8-4-5-10-16-2/h3-10H2,1-2H3,(H,14,15). The summed E-state index contributed by atoms with van der Waals surface area (Å²) in [5.74, 6) is -0.653. The van der Waals surface area contributed by atoms with Crippen LogP contribution in [0.4, 0.5) is 0 Å². The number of likely N-dealkylation sites (tertiary alicyclic amines) is 1. The molecule has 1 fully saturated rings. The van der Waals surface area contributed by atoms with Crippen molar-refractivity contribution in [3.05, 3.63) is 0 Å². The van der Waals surface area contributed by atoms with Crippen LogP contribution in [0, 0.1) is 0 Å². The van der Waals surface area contributed by atoms with Gasteiger partial charge in [-0.3, -0.25) is 9.69 Å². The summed E-state index contributed by atoms with van der Waals surface area (Å²) in [4.78, 5) is 13.5. The van der Waals surface area contributed by atoms with Crippen LogP contribution in [0.2, 0.25) is 0 Å². The first-order valence-electron chi connectivity index (χ1n) is 6.14. The summed E-state index contributed by atoms with van der Waals surface area (Å²) in [6.45, 7) is 4.54. The average molecular weight is 229 g/mol. The molecule has 16 heavy (non-hydrogen) atoms. The topological polar surface area (TPSA) is 49.8 Å². The molecule has 1 aliphatic rings. The van der Waals surface area contributed by atoms with Crippen LogP contribution >= 0.6 is 0 Å². The van der Waals surface area contributed by atoms with Gasteiger partial charge in [-0.05, 0) is 45.2 Å². The number of carboxylic acids is 1. The molecule has 94 valence electrons. The molecule has 0 amide bonds. The zero-order valence-corrected chi connectivity index (χ0v) is 10.4. The van der Waals surface area contributed by atoms with Crippen LogP contribution in [0.1, 0.15) is 39.0 Å². The number of carboxylic acid groups (broad SMARTS) is 1. The van der Waals surface area contributed by atoms with Gasteiger partial charge >= 0.3 is 5.97 Å². The van der Waals surface area contributed by atoms with E-state index >= 15 is 0 Å². The molecule has 1 aliphatic heterocycles. The van der Waals surface area contributed by atoms with E-state index in [1.165, 1.54) is 0 Å². The van der Waals surface area contributed by atoms with Crippen LogP contribution in [-0.2, 0) is 9.53 Å². The van der Waals surface area contributed by atoms with Crippen molar-refractivity contribution >= 4 is 5.97 Å². The van der Waals surface area contributed by atoms with E-state index < -0.39 is 11.5 Å². The first-order valence-corrected chi connectivity index (χ1v) is 6.14. The number of aliphatic carboxylic acids is 1. The Kier molecular flexibility index (Phi) is 5.22. The van der Waals surface area contributed by atoms with Gasteiger partial charge in [-0.1, -0.05) is 6.92 Å². The van der Waals surface area contributed by atoms with Crippen molar-refractivity contribution in [3.63, 3.8) is 0 Å². The number of carbonyl (C=O) groups is 1. The molecule has 1 unspecified atom stereocenters. The second-order valence-electron chi connectivity index (χ2n) is 4.48. The normalized spacial score (nSPS) is 26.1. The quantitative estimate of drug-likeness (QED) is 0.676. The molecular weight excluding hydrogens is 206 g/mol. The van der Waals surface area contributed by atoms with Gasteiger partial charge < -0.3 is 9.84 Å².